The molecule has 1 heterocycles. The topological polar surface area (TPSA) is 49.8 Å². The highest BCUT2D eigenvalue weighted by Crippen LogP contribution is 2.26. The number of likely N-dealkylation sites (tertiary alicyclic amines) is 1. The molecule has 4 heteroatoms. The van der Waals surface area contributed by atoms with E-state index in [2.05, 4.69) is 29.2 Å². The summed E-state index contributed by atoms with van der Waals surface area (Å²) in [6.45, 7) is 4.60. The molecule has 0 radical (unpaired) electrons. The van der Waals surface area contributed by atoms with Gasteiger partial charge in [0.2, 0.25) is 0 Å². The first-order valence-corrected chi connectivity index (χ1v) is 7.30. The van der Waals surface area contributed by atoms with E-state index in [1.807, 2.05) is 6.07 Å². The lowest BCUT2D eigenvalue weighted by molar-refractivity contribution is -0.145. The van der Waals surface area contributed by atoms with Crippen LogP contribution in [0.25, 0.3) is 0 Å². The number of esters is 1. The highest BCUT2D eigenvalue weighted by Gasteiger charge is 2.25. The summed E-state index contributed by atoms with van der Waals surface area (Å²) in [6, 6.07) is 10.5. The molecule has 0 aliphatic carbocycles. The number of carbonyl (C=O) groups is 1. The predicted octanol–water partition coefficient (Wildman–Crippen LogP) is 1.79. The lowest BCUT2D eigenvalue weighted by Gasteiger charge is -2.19. The van der Waals surface area contributed by atoms with Crippen LogP contribution in [0.5, 0.6) is 0 Å². The molecule has 1 fully saturated rings. The summed E-state index contributed by atoms with van der Waals surface area (Å²) in [5, 5.41) is 9.92. The van der Waals surface area contributed by atoms with Crippen molar-refractivity contribution in [3.8, 4) is 0 Å². The normalized spacial score (nSPS) is 20.8. The minimum absolute atomic E-state index is 0.0837. The van der Waals surface area contributed by atoms with Crippen LogP contribution in [0.4, 0.5) is 0 Å². The number of aliphatic hydroxyl groups is 1. The maximum absolute atomic E-state index is 11.3. The summed E-state index contributed by atoms with van der Waals surface area (Å²) >= 11 is 0. The Morgan fingerprint density at radius 1 is 1.45 bits per heavy atom. The van der Waals surface area contributed by atoms with E-state index in [1.54, 1.807) is 6.92 Å². The molecule has 2 unspecified atom stereocenters. The van der Waals surface area contributed by atoms with Gasteiger partial charge in [0.25, 0.3) is 0 Å². The van der Waals surface area contributed by atoms with Crippen LogP contribution in [0, 0.1) is 0 Å². The second-order valence-corrected chi connectivity index (χ2v) is 5.32. The molecule has 1 N–H and O–H groups in total. The van der Waals surface area contributed by atoms with E-state index < -0.39 is 6.10 Å². The number of hydrogen-bond donors (Lipinski definition) is 1. The van der Waals surface area contributed by atoms with Crippen LogP contribution in [0.1, 0.15) is 31.2 Å². The molecule has 20 heavy (non-hydrogen) atoms. The Morgan fingerprint density at radius 2 is 2.20 bits per heavy atom. The van der Waals surface area contributed by atoms with Gasteiger partial charge in [0.1, 0.15) is 0 Å². The molecule has 0 saturated carbocycles. The maximum atomic E-state index is 11.3. The van der Waals surface area contributed by atoms with Gasteiger partial charge in [-0.2, -0.15) is 0 Å². The monoisotopic (exact) mass is 277 g/mol. The molecule has 110 valence electrons. The molecular weight excluding hydrogens is 254 g/mol. The van der Waals surface area contributed by atoms with E-state index in [9.17, 15) is 9.90 Å². The van der Waals surface area contributed by atoms with Gasteiger partial charge in [-0.15, -0.1) is 0 Å². The van der Waals surface area contributed by atoms with Gasteiger partial charge < -0.3 is 14.7 Å². The summed E-state index contributed by atoms with van der Waals surface area (Å²) < 4.78 is 4.85. The molecule has 1 aliphatic heterocycles. The minimum Gasteiger partial charge on any atom is -0.466 e. The number of carbonyl (C=O) groups excluding carboxylic acids is 1. The molecule has 0 amide bonds. The van der Waals surface area contributed by atoms with Gasteiger partial charge in [-0.1, -0.05) is 30.3 Å². The second-order valence-electron chi connectivity index (χ2n) is 5.32. The SMILES string of the molecule is CCOC(=O)CC(O)CN1CCC(c2ccccc2)C1. The van der Waals surface area contributed by atoms with E-state index in [4.69, 9.17) is 4.74 Å². The van der Waals surface area contributed by atoms with Crippen LogP contribution in [0.3, 0.4) is 0 Å². The lowest BCUT2D eigenvalue weighted by atomic mass is 9.99. The summed E-state index contributed by atoms with van der Waals surface area (Å²) in [5.74, 6) is 0.213. The number of β-amino-alcohol motifs (C(OH)–C–C–N with tert-alkyl or cyclic N) is 1. The first-order chi connectivity index (χ1) is 9.69. The van der Waals surface area contributed by atoms with E-state index >= 15 is 0 Å². The van der Waals surface area contributed by atoms with Crippen LogP contribution in [-0.4, -0.2) is 48.3 Å². The molecule has 2 atom stereocenters. The van der Waals surface area contributed by atoms with Crippen LogP contribution >= 0.6 is 0 Å². The van der Waals surface area contributed by atoms with Gasteiger partial charge in [0.05, 0.1) is 19.1 Å². The maximum Gasteiger partial charge on any atom is 0.308 e. The van der Waals surface area contributed by atoms with Crippen LogP contribution in [-0.2, 0) is 9.53 Å². The standard InChI is InChI=1S/C16H23NO3/c1-2-20-16(19)10-15(18)12-17-9-8-14(11-17)13-6-4-3-5-7-13/h3-7,14-15,18H,2,8-12H2,1H3. The molecule has 4 nitrogen and oxygen atoms in total. The lowest BCUT2D eigenvalue weighted by Crippen LogP contribution is -2.32. The van der Waals surface area contributed by atoms with Gasteiger partial charge in [0.15, 0.2) is 0 Å². The zero-order valence-electron chi connectivity index (χ0n) is 12.0. The summed E-state index contributed by atoms with van der Waals surface area (Å²) in [4.78, 5) is 13.5. The number of nitrogens with zero attached hydrogens (tertiary/aromatic N) is 1. The van der Waals surface area contributed by atoms with E-state index in [1.165, 1.54) is 5.56 Å². The molecule has 1 aliphatic rings. The minimum atomic E-state index is -0.636. The highest BCUT2D eigenvalue weighted by atomic mass is 16.5. The first-order valence-electron chi connectivity index (χ1n) is 7.30. The zero-order valence-corrected chi connectivity index (χ0v) is 12.0. The van der Waals surface area contributed by atoms with Crippen molar-refractivity contribution in [2.24, 2.45) is 0 Å². The fourth-order valence-corrected chi connectivity index (χ4v) is 2.77. The van der Waals surface area contributed by atoms with E-state index in [-0.39, 0.29) is 12.4 Å². The average Bonchev–Trinajstić information content (AvgIpc) is 2.88. The third-order valence-electron chi connectivity index (χ3n) is 3.72. The molecule has 0 bridgehead atoms. The summed E-state index contributed by atoms with van der Waals surface area (Å²) in [5.41, 5.74) is 1.36. The second kappa shape index (κ2) is 7.41. The quantitative estimate of drug-likeness (QED) is 0.805. The van der Waals surface area contributed by atoms with Crippen molar-refractivity contribution < 1.29 is 14.6 Å². The third kappa shape index (κ3) is 4.32. The molecule has 0 aromatic heterocycles. The summed E-state index contributed by atoms with van der Waals surface area (Å²) in [6.07, 6.45) is 0.555. The zero-order chi connectivity index (χ0) is 14.4. The Morgan fingerprint density at radius 3 is 2.90 bits per heavy atom. The number of rotatable bonds is 6. The summed E-state index contributed by atoms with van der Waals surface area (Å²) in [7, 11) is 0. The van der Waals surface area contributed by atoms with E-state index in [0.29, 0.717) is 19.1 Å². The van der Waals surface area contributed by atoms with Crippen molar-refractivity contribution >= 4 is 5.97 Å². The molecular formula is C16H23NO3. The van der Waals surface area contributed by atoms with Crippen LogP contribution < -0.4 is 0 Å². The Bertz CT molecular complexity index is 421. The van der Waals surface area contributed by atoms with Gasteiger partial charge in [-0.05, 0) is 31.4 Å². The number of hydrogen-bond acceptors (Lipinski definition) is 4. The van der Waals surface area contributed by atoms with Crippen molar-refractivity contribution in [3.05, 3.63) is 35.9 Å². The number of benzene rings is 1. The highest BCUT2D eigenvalue weighted by molar-refractivity contribution is 5.69. The average molecular weight is 277 g/mol. The molecule has 1 saturated heterocycles. The first kappa shape index (κ1) is 15.0. The molecule has 1 aromatic rings. The fourth-order valence-electron chi connectivity index (χ4n) is 2.77. The van der Waals surface area contributed by atoms with Gasteiger partial charge in [-0.3, -0.25) is 4.79 Å². The van der Waals surface area contributed by atoms with Crippen molar-refractivity contribution in [1.82, 2.24) is 4.90 Å². The Balaban J connectivity index is 1.77. The van der Waals surface area contributed by atoms with Crippen LogP contribution in [0.15, 0.2) is 30.3 Å². The Hall–Kier alpha value is -1.39. The predicted molar refractivity (Wildman–Crippen MR) is 77.5 cm³/mol. The molecule has 1 aromatic carbocycles. The van der Waals surface area contributed by atoms with Gasteiger partial charge in [0, 0.05) is 13.1 Å². The van der Waals surface area contributed by atoms with Crippen molar-refractivity contribution in [2.45, 2.75) is 31.8 Å². The largest absolute Gasteiger partial charge is 0.466 e. The Labute approximate surface area is 120 Å². The van der Waals surface area contributed by atoms with Crippen molar-refractivity contribution in [1.29, 1.82) is 0 Å². The smallest absolute Gasteiger partial charge is 0.308 e. The number of ether oxygens (including phenoxy) is 1. The van der Waals surface area contributed by atoms with E-state index in [0.717, 1.165) is 19.5 Å². The molecule has 0 spiro atoms. The van der Waals surface area contributed by atoms with Crippen molar-refractivity contribution in [2.75, 3.05) is 26.2 Å². The van der Waals surface area contributed by atoms with Crippen LogP contribution in [0.2, 0.25) is 0 Å². The number of aliphatic hydroxyl groups excluding tert-OH is 1. The van der Waals surface area contributed by atoms with Gasteiger partial charge >= 0.3 is 5.97 Å². The van der Waals surface area contributed by atoms with Gasteiger partial charge in [-0.25, -0.2) is 0 Å². The van der Waals surface area contributed by atoms with Crippen molar-refractivity contribution in [3.63, 3.8) is 0 Å². The molecule has 2 rings (SSSR count). The third-order valence-corrected chi connectivity index (χ3v) is 3.72. The fraction of sp³-hybridized carbons (Fsp3) is 0.562. The Kier molecular flexibility index (Phi) is 5.56.